The van der Waals surface area contributed by atoms with Crippen molar-refractivity contribution in [1.29, 1.82) is 0 Å². The first-order valence-corrected chi connectivity index (χ1v) is 8.55. The summed E-state index contributed by atoms with van der Waals surface area (Å²) in [4.78, 5) is 15.6. The number of carbonyl (C=O) groups is 1. The Balaban J connectivity index is 1.69. The highest BCUT2D eigenvalue weighted by molar-refractivity contribution is 9.10. The van der Waals surface area contributed by atoms with Gasteiger partial charge in [0.1, 0.15) is 5.75 Å². The first-order chi connectivity index (χ1) is 11.6. The fourth-order valence-corrected chi connectivity index (χ4v) is 3.34. The number of aromatic amines is 1. The second kappa shape index (κ2) is 7.09. The van der Waals surface area contributed by atoms with Crippen molar-refractivity contribution in [2.75, 3.05) is 7.11 Å². The molecule has 0 saturated heterocycles. The normalized spacial score (nSPS) is 12.1. The van der Waals surface area contributed by atoms with Crippen LogP contribution >= 0.6 is 15.9 Å². The Morgan fingerprint density at radius 2 is 2.08 bits per heavy atom. The first-order valence-electron chi connectivity index (χ1n) is 7.76. The van der Waals surface area contributed by atoms with E-state index in [9.17, 15) is 4.79 Å². The van der Waals surface area contributed by atoms with E-state index >= 15 is 0 Å². The van der Waals surface area contributed by atoms with Crippen LogP contribution in [0.2, 0.25) is 0 Å². The molecule has 1 atom stereocenters. The second-order valence-electron chi connectivity index (χ2n) is 5.72. The zero-order valence-corrected chi connectivity index (χ0v) is 15.2. The fraction of sp³-hybridized carbons (Fsp3) is 0.211. The van der Waals surface area contributed by atoms with Crippen molar-refractivity contribution in [3.05, 3.63) is 64.3 Å². The molecule has 0 bridgehead atoms. The molecular weight excluding hydrogens is 368 g/mol. The smallest absolute Gasteiger partial charge is 0.224 e. The number of halogens is 1. The number of ether oxygens (including phenoxy) is 1. The number of benzene rings is 2. The van der Waals surface area contributed by atoms with E-state index in [1.807, 2.05) is 55.6 Å². The second-order valence-corrected chi connectivity index (χ2v) is 6.57. The van der Waals surface area contributed by atoms with Gasteiger partial charge in [0, 0.05) is 17.1 Å². The van der Waals surface area contributed by atoms with Gasteiger partial charge in [-0.15, -0.1) is 0 Å². The average molecular weight is 387 g/mol. The van der Waals surface area contributed by atoms with E-state index in [0.717, 1.165) is 32.3 Å². The van der Waals surface area contributed by atoms with Gasteiger partial charge in [-0.1, -0.05) is 24.3 Å². The molecule has 0 fully saturated rings. The lowest BCUT2D eigenvalue weighted by Crippen LogP contribution is -2.28. The van der Waals surface area contributed by atoms with Gasteiger partial charge >= 0.3 is 0 Å². The molecule has 3 rings (SSSR count). The van der Waals surface area contributed by atoms with E-state index < -0.39 is 0 Å². The molecule has 2 aromatic carbocycles. The number of hydrogen-bond donors (Lipinski definition) is 2. The molecule has 24 heavy (non-hydrogen) atoms. The van der Waals surface area contributed by atoms with Gasteiger partial charge in [-0.2, -0.15) is 0 Å². The maximum Gasteiger partial charge on any atom is 0.224 e. The lowest BCUT2D eigenvalue weighted by atomic mass is 10.1. The Hall–Kier alpha value is -2.27. The lowest BCUT2D eigenvalue weighted by Gasteiger charge is -2.15. The lowest BCUT2D eigenvalue weighted by molar-refractivity contribution is -0.121. The number of hydrogen-bond acceptors (Lipinski definition) is 2. The molecule has 4 nitrogen and oxygen atoms in total. The maximum atomic E-state index is 12.4. The summed E-state index contributed by atoms with van der Waals surface area (Å²) in [5.41, 5.74) is 3.08. The van der Waals surface area contributed by atoms with E-state index in [4.69, 9.17) is 4.74 Å². The summed E-state index contributed by atoms with van der Waals surface area (Å²) in [6.07, 6.45) is 2.25. The Morgan fingerprint density at radius 3 is 2.83 bits per heavy atom. The minimum Gasteiger partial charge on any atom is -0.496 e. The first kappa shape index (κ1) is 16.6. The molecule has 2 N–H and O–H groups in total. The Bertz CT molecular complexity index is 873. The highest BCUT2D eigenvalue weighted by Crippen LogP contribution is 2.28. The zero-order chi connectivity index (χ0) is 17.1. The molecule has 1 aromatic heterocycles. The number of nitrogens with one attached hydrogen (secondary N) is 2. The van der Waals surface area contributed by atoms with Crippen molar-refractivity contribution in [3.63, 3.8) is 0 Å². The quantitative estimate of drug-likeness (QED) is 0.684. The van der Waals surface area contributed by atoms with Crippen molar-refractivity contribution in [1.82, 2.24) is 10.3 Å². The van der Waals surface area contributed by atoms with E-state index in [1.165, 1.54) is 0 Å². The molecule has 0 spiro atoms. The van der Waals surface area contributed by atoms with Gasteiger partial charge in [0.2, 0.25) is 5.91 Å². The fourth-order valence-electron chi connectivity index (χ4n) is 2.78. The number of rotatable bonds is 5. The number of aromatic nitrogens is 1. The standard InChI is InChI=1S/C19H19BrN2O2/c1-12(13-7-8-18(24-2)16(20)9-13)22-19(23)10-14-11-21-17-6-4-3-5-15(14)17/h3-9,11-12,21H,10H2,1-2H3,(H,22,23)/t12-/m1/s1. The van der Waals surface area contributed by atoms with E-state index in [0.29, 0.717) is 6.42 Å². The molecule has 0 radical (unpaired) electrons. The van der Waals surface area contributed by atoms with E-state index in [1.54, 1.807) is 7.11 Å². The third kappa shape index (κ3) is 3.46. The maximum absolute atomic E-state index is 12.4. The van der Waals surface area contributed by atoms with E-state index in [-0.39, 0.29) is 11.9 Å². The summed E-state index contributed by atoms with van der Waals surface area (Å²) < 4.78 is 6.11. The van der Waals surface area contributed by atoms with Crippen LogP contribution in [0.5, 0.6) is 5.75 Å². The van der Waals surface area contributed by atoms with E-state index in [2.05, 4.69) is 26.2 Å². The highest BCUT2D eigenvalue weighted by Gasteiger charge is 2.13. The van der Waals surface area contributed by atoms with Gasteiger partial charge in [0.15, 0.2) is 0 Å². The van der Waals surface area contributed by atoms with Crippen LogP contribution in [0.3, 0.4) is 0 Å². The number of amides is 1. The molecule has 124 valence electrons. The third-order valence-electron chi connectivity index (χ3n) is 4.08. The van der Waals surface area contributed by atoms with Crippen molar-refractivity contribution in [3.8, 4) is 5.75 Å². The molecule has 1 heterocycles. The predicted octanol–water partition coefficient (Wildman–Crippen LogP) is 4.36. The molecule has 3 aromatic rings. The number of carbonyl (C=O) groups excluding carboxylic acids is 1. The van der Waals surface area contributed by atoms with Crippen LogP contribution < -0.4 is 10.1 Å². The SMILES string of the molecule is COc1ccc([C@@H](C)NC(=O)Cc2c[nH]c3ccccc23)cc1Br. The summed E-state index contributed by atoms with van der Waals surface area (Å²) >= 11 is 3.48. The predicted molar refractivity (Wildman–Crippen MR) is 99.3 cm³/mol. The van der Waals surface area contributed by atoms with Crippen LogP contribution in [-0.4, -0.2) is 18.0 Å². The van der Waals surface area contributed by atoms with Gasteiger partial charge in [0.25, 0.3) is 0 Å². The molecule has 0 aliphatic carbocycles. The zero-order valence-electron chi connectivity index (χ0n) is 13.6. The Labute approximate surface area is 149 Å². The minimum atomic E-state index is -0.0788. The summed E-state index contributed by atoms with van der Waals surface area (Å²) in [5.74, 6) is 0.773. The van der Waals surface area contributed by atoms with Crippen molar-refractivity contribution in [2.24, 2.45) is 0 Å². The van der Waals surface area contributed by atoms with Crippen molar-refractivity contribution >= 4 is 32.7 Å². The van der Waals surface area contributed by atoms with Crippen LogP contribution in [0.25, 0.3) is 10.9 Å². The molecule has 5 heteroatoms. The van der Waals surface area contributed by atoms with Gasteiger partial charge in [-0.05, 0) is 52.2 Å². The van der Waals surface area contributed by atoms with Gasteiger partial charge in [0.05, 0.1) is 24.0 Å². The monoisotopic (exact) mass is 386 g/mol. The average Bonchev–Trinajstić information content (AvgIpc) is 2.97. The molecule has 0 aliphatic rings. The van der Waals surface area contributed by atoms with Crippen LogP contribution in [0.15, 0.2) is 53.1 Å². The molecular formula is C19H19BrN2O2. The van der Waals surface area contributed by atoms with Gasteiger partial charge in [-0.3, -0.25) is 4.79 Å². The number of methoxy groups -OCH3 is 1. The van der Waals surface area contributed by atoms with Gasteiger partial charge in [-0.25, -0.2) is 0 Å². The molecule has 1 amide bonds. The summed E-state index contributed by atoms with van der Waals surface area (Å²) in [6, 6.07) is 13.7. The van der Waals surface area contributed by atoms with Crippen LogP contribution in [0, 0.1) is 0 Å². The summed E-state index contributed by atoms with van der Waals surface area (Å²) in [7, 11) is 1.63. The Kier molecular flexibility index (Phi) is 4.90. The van der Waals surface area contributed by atoms with Crippen molar-refractivity contribution in [2.45, 2.75) is 19.4 Å². The molecule has 0 saturated carbocycles. The van der Waals surface area contributed by atoms with Crippen LogP contribution in [0.1, 0.15) is 24.1 Å². The summed E-state index contributed by atoms with van der Waals surface area (Å²) in [6.45, 7) is 1.97. The largest absolute Gasteiger partial charge is 0.496 e. The number of fused-ring (bicyclic) bond motifs is 1. The van der Waals surface area contributed by atoms with Gasteiger partial charge < -0.3 is 15.0 Å². The Morgan fingerprint density at radius 1 is 1.29 bits per heavy atom. The minimum absolute atomic E-state index is 0.000747. The number of para-hydroxylation sites is 1. The topological polar surface area (TPSA) is 54.1 Å². The van der Waals surface area contributed by atoms with Crippen LogP contribution in [-0.2, 0) is 11.2 Å². The highest BCUT2D eigenvalue weighted by atomic mass is 79.9. The number of H-pyrrole nitrogens is 1. The molecule has 0 aliphatic heterocycles. The van der Waals surface area contributed by atoms with Crippen molar-refractivity contribution < 1.29 is 9.53 Å². The summed E-state index contributed by atoms with van der Waals surface area (Å²) in [5, 5.41) is 4.14. The third-order valence-corrected chi connectivity index (χ3v) is 4.70. The van der Waals surface area contributed by atoms with Crippen LogP contribution in [0.4, 0.5) is 0 Å². The molecule has 0 unspecified atom stereocenters.